The number of rotatable bonds is 10. The van der Waals surface area contributed by atoms with Crippen LogP contribution in [0.15, 0.2) is 52.5 Å². The van der Waals surface area contributed by atoms with Crippen molar-refractivity contribution in [1.29, 1.82) is 0 Å². The van der Waals surface area contributed by atoms with Crippen LogP contribution in [-0.2, 0) is 19.6 Å². The minimum Gasteiger partial charge on any atom is -0.497 e. The zero-order valence-electron chi connectivity index (χ0n) is 17.2. The van der Waals surface area contributed by atoms with Gasteiger partial charge in [-0.3, -0.25) is 9.59 Å². The molecule has 0 saturated carbocycles. The molecule has 2 aromatic carbocycles. The summed E-state index contributed by atoms with van der Waals surface area (Å²) in [6.07, 6.45) is -0.388. The summed E-state index contributed by atoms with van der Waals surface area (Å²) in [4.78, 5) is 24.3. The number of carboxylic acids is 1. The number of carbonyl (C=O) groups excluding carboxylic acids is 1. The van der Waals surface area contributed by atoms with Crippen molar-refractivity contribution in [3.8, 4) is 11.5 Å². The minimum absolute atomic E-state index is 0.120. The maximum atomic E-state index is 12.7. The molecule has 166 valence electrons. The Bertz CT molecular complexity index is 1080. The van der Waals surface area contributed by atoms with Crippen LogP contribution in [-0.4, -0.2) is 45.3 Å². The average molecular weight is 449 g/mol. The number of hydrogen-bond acceptors (Lipinski definition) is 7. The second kappa shape index (κ2) is 10.4. The number of benzene rings is 2. The molecule has 0 aromatic heterocycles. The maximum Gasteiger partial charge on any atom is 0.303 e. The minimum atomic E-state index is -4.02. The molecule has 0 fully saturated rings. The van der Waals surface area contributed by atoms with Crippen molar-refractivity contribution in [3.63, 3.8) is 0 Å². The lowest BCUT2D eigenvalue weighted by atomic mass is 10.1. The molecule has 0 unspecified atom stereocenters. The lowest BCUT2D eigenvalue weighted by molar-refractivity contribution is -0.138. The molecule has 0 bridgehead atoms. The van der Waals surface area contributed by atoms with Gasteiger partial charge in [0.05, 0.1) is 26.4 Å². The van der Waals surface area contributed by atoms with Gasteiger partial charge in [0.1, 0.15) is 16.4 Å². The number of amides is 1. The highest BCUT2D eigenvalue weighted by Gasteiger charge is 2.20. The van der Waals surface area contributed by atoms with Gasteiger partial charge in [-0.15, -0.1) is 0 Å². The first-order chi connectivity index (χ1) is 14.7. The molecule has 0 aliphatic rings. The summed E-state index contributed by atoms with van der Waals surface area (Å²) in [6.45, 7) is 1.62. The molecule has 11 heteroatoms. The van der Waals surface area contributed by atoms with Crippen molar-refractivity contribution >= 4 is 33.3 Å². The predicted octanol–water partition coefficient (Wildman–Crippen LogP) is 2.21. The number of carboxylic acid groups (broad SMARTS) is 1. The number of nitrogens with zero attached hydrogens (tertiary/aromatic N) is 1. The summed E-state index contributed by atoms with van der Waals surface area (Å²) in [6, 6.07) is 10.9. The lowest BCUT2D eigenvalue weighted by Gasteiger charge is -2.11. The number of hydrazone groups is 1. The Hall–Kier alpha value is -3.60. The van der Waals surface area contributed by atoms with E-state index >= 15 is 0 Å². The first-order valence-corrected chi connectivity index (χ1v) is 10.5. The van der Waals surface area contributed by atoms with Gasteiger partial charge >= 0.3 is 5.97 Å². The topological polar surface area (TPSA) is 143 Å². The Morgan fingerprint density at radius 3 is 2.29 bits per heavy atom. The highest BCUT2D eigenvalue weighted by molar-refractivity contribution is 7.89. The molecule has 2 rings (SSSR count). The number of anilines is 1. The molecule has 0 spiro atoms. The van der Waals surface area contributed by atoms with E-state index in [0.717, 1.165) is 0 Å². The molecule has 10 nitrogen and oxygen atoms in total. The van der Waals surface area contributed by atoms with Gasteiger partial charge in [0.25, 0.3) is 10.0 Å². The highest BCUT2D eigenvalue weighted by atomic mass is 32.2. The predicted molar refractivity (Wildman–Crippen MR) is 114 cm³/mol. The first kappa shape index (κ1) is 23.7. The zero-order chi connectivity index (χ0) is 23.0. The van der Waals surface area contributed by atoms with Gasteiger partial charge in [-0.2, -0.15) is 18.4 Å². The van der Waals surface area contributed by atoms with Gasteiger partial charge in [-0.05, 0) is 36.8 Å². The van der Waals surface area contributed by atoms with Crippen molar-refractivity contribution in [2.75, 3.05) is 19.5 Å². The normalized spacial score (nSPS) is 11.5. The molecule has 0 radical (unpaired) electrons. The van der Waals surface area contributed by atoms with E-state index in [1.54, 1.807) is 37.3 Å². The third-order valence-electron chi connectivity index (χ3n) is 4.15. The van der Waals surface area contributed by atoms with Crippen LogP contribution in [0.4, 0.5) is 5.69 Å². The van der Waals surface area contributed by atoms with Crippen molar-refractivity contribution < 1.29 is 32.6 Å². The number of ether oxygens (including phenoxy) is 2. The van der Waals surface area contributed by atoms with Gasteiger partial charge in [0.2, 0.25) is 5.91 Å². The number of nitrogens with one attached hydrogen (secondary N) is 2. The number of hydrogen-bond donors (Lipinski definition) is 3. The molecule has 2 aromatic rings. The molecular formula is C20H23N3O7S. The van der Waals surface area contributed by atoms with Crippen LogP contribution >= 0.6 is 0 Å². The first-order valence-electron chi connectivity index (χ1n) is 9.06. The zero-order valence-corrected chi connectivity index (χ0v) is 18.0. The van der Waals surface area contributed by atoms with Gasteiger partial charge in [-0.25, -0.2) is 0 Å². The summed E-state index contributed by atoms with van der Waals surface area (Å²) in [5, 5.41) is 15.1. The summed E-state index contributed by atoms with van der Waals surface area (Å²) in [7, 11) is -1.24. The quantitative estimate of drug-likeness (QED) is 0.373. The number of aliphatic carboxylic acids is 1. The second-order valence-electron chi connectivity index (χ2n) is 6.33. The Labute approximate surface area is 179 Å². The van der Waals surface area contributed by atoms with E-state index in [4.69, 9.17) is 14.6 Å². The maximum absolute atomic E-state index is 12.7. The van der Waals surface area contributed by atoms with Gasteiger partial charge in [0.15, 0.2) is 0 Å². The molecule has 0 aliphatic heterocycles. The van der Waals surface area contributed by atoms with E-state index in [9.17, 15) is 18.0 Å². The van der Waals surface area contributed by atoms with Crippen LogP contribution in [0.3, 0.4) is 0 Å². The summed E-state index contributed by atoms with van der Waals surface area (Å²) in [5.74, 6) is -0.973. The Balaban J connectivity index is 2.11. The summed E-state index contributed by atoms with van der Waals surface area (Å²) in [5.41, 5.74) is 1.48. The number of methoxy groups -OCH3 is 2. The van der Waals surface area contributed by atoms with Crippen molar-refractivity contribution in [2.45, 2.75) is 24.7 Å². The summed E-state index contributed by atoms with van der Waals surface area (Å²) < 4.78 is 35.5. The van der Waals surface area contributed by atoms with Crippen LogP contribution in [0.25, 0.3) is 0 Å². The Kier molecular flexibility index (Phi) is 7.97. The third-order valence-corrected chi connectivity index (χ3v) is 5.38. The fourth-order valence-corrected chi connectivity index (χ4v) is 3.52. The van der Waals surface area contributed by atoms with Crippen LogP contribution in [0.1, 0.15) is 25.3 Å². The molecular weight excluding hydrogens is 426 g/mol. The average Bonchev–Trinajstić information content (AvgIpc) is 2.76. The van der Waals surface area contributed by atoms with Gasteiger partial charge in [-0.1, -0.05) is 12.1 Å². The van der Waals surface area contributed by atoms with Gasteiger partial charge in [0, 0.05) is 18.2 Å². The molecule has 31 heavy (non-hydrogen) atoms. The molecule has 0 heterocycles. The molecule has 0 atom stereocenters. The molecule has 1 amide bonds. The second-order valence-corrected chi connectivity index (χ2v) is 7.96. The van der Waals surface area contributed by atoms with Crippen LogP contribution in [0.5, 0.6) is 11.5 Å². The third kappa shape index (κ3) is 6.71. The van der Waals surface area contributed by atoms with E-state index in [0.29, 0.717) is 22.7 Å². The highest BCUT2D eigenvalue weighted by Crippen LogP contribution is 2.28. The lowest BCUT2D eigenvalue weighted by Crippen LogP contribution is -2.20. The molecule has 0 saturated heterocycles. The van der Waals surface area contributed by atoms with Crippen LogP contribution in [0.2, 0.25) is 0 Å². The molecule has 0 aliphatic carbocycles. The number of carbonyl (C=O) groups is 2. The smallest absolute Gasteiger partial charge is 0.303 e. The summed E-state index contributed by atoms with van der Waals surface area (Å²) >= 11 is 0. The van der Waals surface area contributed by atoms with E-state index in [1.807, 2.05) is 0 Å². The van der Waals surface area contributed by atoms with E-state index < -0.39 is 21.9 Å². The van der Waals surface area contributed by atoms with E-state index in [1.165, 1.54) is 26.4 Å². The van der Waals surface area contributed by atoms with E-state index in [-0.39, 0.29) is 23.5 Å². The standard InChI is InChI=1S/C20H23N3O7S/c1-13(14-4-6-15(7-5-14)21-19(24)10-11-20(25)26)22-23-31(27,28)18-12-16(29-2)8-9-17(18)30-3/h4-9,12,23H,10-11H2,1-3H3,(H,21,24)(H,25,26)/b22-13-. The van der Waals surface area contributed by atoms with Crippen molar-refractivity contribution in [1.82, 2.24) is 4.83 Å². The largest absolute Gasteiger partial charge is 0.497 e. The van der Waals surface area contributed by atoms with Gasteiger partial charge < -0.3 is 19.9 Å². The monoisotopic (exact) mass is 449 g/mol. The van der Waals surface area contributed by atoms with Crippen molar-refractivity contribution in [3.05, 3.63) is 48.0 Å². The fraction of sp³-hybridized carbons (Fsp3) is 0.250. The molecule has 3 N–H and O–H groups in total. The fourth-order valence-electron chi connectivity index (χ4n) is 2.48. The Morgan fingerprint density at radius 2 is 1.71 bits per heavy atom. The van der Waals surface area contributed by atoms with Crippen LogP contribution in [0, 0.1) is 0 Å². The van der Waals surface area contributed by atoms with Crippen LogP contribution < -0.4 is 19.6 Å². The van der Waals surface area contributed by atoms with E-state index in [2.05, 4.69) is 15.2 Å². The Morgan fingerprint density at radius 1 is 1.03 bits per heavy atom. The number of sulfonamides is 1. The SMILES string of the molecule is COc1ccc(OC)c(S(=O)(=O)N/N=C(/C)c2ccc(NC(=O)CCC(=O)O)cc2)c1. The van der Waals surface area contributed by atoms with Crippen molar-refractivity contribution in [2.24, 2.45) is 5.10 Å².